The van der Waals surface area contributed by atoms with E-state index in [1.807, 2.05) is 37.3 Å². The van der Waals surface area contributed by atoms with Crippen LogP contribution in [-0.4, -0.2) is 106 Å². The van der Waals surface area contributed by atoms with E-state index < -0.39 is 96.0 Å². The van der Waals surface area contributed by atoms with Gasteiger partial charge in [-0.05, 0) is 60.3 Å². The van der Waals surface area contributed by atoms with E-state index in [-0.39, 0.29) is 31.1 Å². The molecule has 2 aromatic rings. The van der Waals surface area contributed by atoms with Crippen molar-refractivity contribution >= 4 is 41.4 Å². The number of carboxylic acids is 1. The Hall–Kier alpha value is -5.51. The highest BCUT2D eigenvalue weighted by atomic mass is 16.4. The first-order chi connectivity index (χ1) is 26.9. The zero-order valence-electron chi connectivity index (χ0n) is 33.6. The van der Waals surface area contributed by atoms with Crippen LogP contribution in [0.5, 0.6) is 5.75 Å². The van der Waals surface area contributed by atoms with Crippen molar-refractivity contribution in [3.05, 3.63) is 65.7 Å². The molecule has 16 nitrogen and oxygen atoms in total. The number of likely N-dealkylation sites (tertiary alicyclic amines) is 1. The molecule has 1 fully saturated rings. The van der Waals surface area contributed by atoms with Crippen LogP contribution in [0.15, 0.2) is 54.6 Å². The molecule has 0 aromatic heterocycles. The number of benzene rings is 2. The van der Waals surface area contributed by atoms with Gasteiger partial charge in [0, 0.05) is 13.0 Å². The third kappa shape index (κ3) is 13.6. The van der Waals surface area contributed by atoms with Crippen LogP contribution < -0.4 is 32.3 Å². The number of aromatic hydroxyl groups is 1. The zero-order chi connectivity index (χ0) is 42.4. The summed E-state index contributed by atoms with van der Waals surface area (Å²) in [4.78, 5) is 93.9. The van der Waals surface area contributed by atoms with Gasteiger partial charge in [-0.25, -0.2) is 4.79 Å². The van der Waals surface area contributed by atoms with E-state index in [9.17, 15) is 43.8 Å². The van der Waals surface area contributed by atoms with Gasteiger partial charge in [-0.15, -0.1) is 0 Å². The van der Waals surface area contributed by atoms with Crippen molar-refractivity contribution in [1.29, 1.82) is 0 Å². The highest BCUT2D eigenvalue weighted by molar-refractivity contribution is 5.96. The molecule has 1 saturated heterocycles. The zero-order valence-corrected chi connectivity index (χ0v) is 33.6. The molecule has 6 amide bonds. The van der Waals surface area contributed by atoms with E-state index in [1.54, 1.807) is 46.8 Å². The first-order valence-corrected chi connectivity index (χ1v) is 19.5. The minimum Gasteiger partial charge on any atom is -0.508 e. The number of carbonyl (C=O) groups excluding carboxylic acids is 6. The van der Waals surface area contributed by atoms with Crippen molar-refractivity contribution in [2.75, 3.05) is 13.1 Å². The second kappa shape index (κ2) is 21.7. The average molecular weight is 794 g/mol. The molecular weight excluding hydrogens is 734 g/mol. The Morgan fingerprint density at radius 1 is 0.737 bits per heavy atom. The molecule has 1 aliphatic heterocycles. The van der Waals surface area contributed by atoms with Gasteiger partial charge in [0.1, 0.15) is 36.0 Å². The molecule has 0 spiro atoms. The maximum absolute atomic E-state index is 14.0. The standard InChI is InChI=1S/C41H59N7O9/c1-7-25(6)35(47-39(54)33(23(2)3)45-36(51)29(42)20-26-12-9-8-10-13-26)40(55)44-30(21-27-15-17-28(49)18-16-27)37(52)43-22-32(50)48-19-11-14-31(48)38(53)46-34(24(4)5)41(56)57/h8-10,12-13,15-18,23-25,29-31,33-35,49H,7,11,14,19-22,42H2,1-6H3,(H,43,52)(H,44,55)(H,45,51)(H,46,53)(H,47,54)(H,56,57). The van der Waals surface area contributed by atoms with Crippen LogP contribution in [0.2, 0.25) is 0 Å². The Morgan fingerprint density at radius 3 is 1.89 bits per heavy atom. The number of nitrogens with two attached hydrogens (primary N) is 1. The number of nitrogens with zero attached hydrogens (tertiary/aromatic N) is 1. The number of amides is 6. The summed E-state index contributed by atoms with van der Waals surface area (Å²) in [6.07, 6.45) is 1.50. The van der Waals surface area contributed by atoms with Crippen molar-refractivity contribution in [3.63, 3.8) is 0 Å². The van der Waals surface area contributed by atoms with Gasteiger partial charge in [0.05, 0.1) is 12.6 Å². The van der Waals surface area contributed by atoms with Crippen LogP contribution in [-0.2, 0) is 46.4 Å². The van der Waals surface area contributed by atoms with Gasteiger partial charge < -0.3 is 47.4 Å². The highest BCUT2D eigenvalue weighted by Gasteiger charge is 2.38. The maximum Gasteiger partial charge on any atom is 0.326 e. The van der Waals surface area contributed by atoms with Crippen LogP contribution in [0.1, 0.15) is 71.9 Å². The molecule has 3 rings (SSSR count). The van der Waals surface area contributed by atoms with Crippen molar-refractivity contribution in [3.8, 4) is 5.75 Å². The average Bonchev–Trinajstić information content (AvgIpc) is 3.67. The number of nitrogens with one attached hydrogen (secondary N) is 5. The van der Waals surface area contributed by atoms with Crippen molar-refractivity contribution in [2.24, 2.45) is 23.5 Å². The van der Waals surface area contributed by atoms with Gasteiger partial charge in [0.25, 0.3) is 0 Å². The van der Waals surface area contributed by atoms with Gasteiger partial charge in [-0.1, -0.05) is 90.4 Å². The summed E-state index contributed by atoms with van der Waals surface area (Å²) in [5.74, 6) is -6.07. The lowest BCUT2D eigenvalue weighted by atomic mass is 9.95. The second-order valence-electron chi connectivity index (χ2n) is 15.4. The van der Waals surface area contributed by atoms with Crippen molar-refractivity contribution in [1.82, 2.24) is 31.5 Å². The van der Waals surface area contributed by atoms with Crippen LogP contribution in [0, 0.1) is 17.8 Å². The summed E-state index contributed by atoms with van der Waals surface area (Å²) < 4.78 is 0. The van der Waals surface area contributed by atoms with Crippen LogP contribution >= 0.6 is 0 Å². The lowest BCUT2D eigenvalue weighted by molar-refractivity contribution is -0.145. The van der Waals surface area contributed by atoms with Crippen LogP contribution in [0.4, 0.5) is 0 Å². The van der Waals surface area contributed by atoms with Gasteiger partial charge in [-0.3, -0.25) is 28.8 Å². The van der Waals surface area contributed by atoms with E-state index in [1.165, 1.54) is 17.0 Å². The van der Waals surface area contributed by atoms with Gasteiger partial charge in [0.15, 0.2) is 0 Å². The molecule has 1 heterocycles. The predicted octanol–water partition coefficient (Wildman–Crippen LogP) is 0.994. The maximum atomic E-state index is 14.0. The summed E-state index contributed by atoms with van der Waals surface area (Å²) in [7, 11) is 0. The molecule has 1 aliphatic rings. The SMILES string of the molecule is CCC(C)C(NC(=O)C(NC(=O)C(N)Cc1ccccc1)C(C)C)C(=O)NC(Cc1ccc(O)cc1)C(=O)NCC(=O)N1CCCC1C(=O)NC(C(=O)O)C(C)C. The number of aliphatic carboxylic acids is 1. The number of carbonyl (C=O) groups is 7. The lowest BCUT2D eigenvalue weighted by Gasteiger charge is -2.30. The van der Waals surface area contributed by atoms with Gasteiger partial charge >= 0.3 is 5.97 Å². The third-order valence-electron chi connectivity index (χ3n) is 10.2. The van der Waals surface area contributed by atoms with E-state index in [2.05, 4.69) is 26.6 Å². The minimum absolute atomic E-state index is 0.00553. The number of carboxylic acid groups (broad SMARTS) is 1. The topological polar surface area (TPSA) is 249 Å². The summed E-state index contributed by atoms with van der Waals surface area (Å²) in [5.41, 5.74) is 7.62. The van der Waals surface area contributed by atoms with E-state index in [0.29, 0.717) is 24.8 Å². The Balaban J connectivity index is 1.75. The fraction of sp³-hybridized carbons (Fsp3) is 0.537. The summed E-state index contributed by atoms with van der Waals surface area (Å²) >= 11 is 0. The molecule has 16 heteroatoms. The monoisotopic (exact) mass is 793 g/mol. The van der Waals surface area contributed by atoms with Crippen molar-refractivity contribution in [2.45, 2.75) is 110 Å². The lowest BCUT2D eigenvalue weighted by Crippen LogP contribution is -2.60. The molecule has 7 atom stereocenters. The number of rotatable bonds is 20. The van der Waals surface area contributed by atoms with E-state index >= 15 is 0 Å². The van der Waals surface area contributed by atoms with E-state index in [0.717, 1.165) is 5.56 Å². The molecular formula is C41H59N7O9. The van der Waals surface area contributed by atoms with Gasteiger partial charge in [0.2, 0.25) is 35.4 Å². The molecule has 0 bridgehead atoms. The second-order valence-corrected chi connectivity index (χ2v) is 15.4. The molecule has 57 heavy (non-hydrogen) atoms. The Labute approximate surface area is 334 Å². The molecule has 9 N–H and O–H groups in total. The fourth-order valence-corrected chi connectivity index (χ4v) is 6.53. The van der Waals surface area contributed by atoms with Crippen LogP contribution in [0.25, 0.3) is 0 Å². The Bertz CT molecular complexity index is 1700. The molecule has 2 aromatic carbocycles. The molecule has 312 valence electrons. The molecule has 0 saturated carbocycles. The quantitative estimate of drug-likeness (QED) is 0.0945. The first-order valence-electron chi connectivity index (χ1n) is 19.5. The minimum atomic E-state index is -1.24. The predicted molar refractivity (Wildman–Crippen MR) is 212 cm³/mol. The Kier molecular flexibility index (Phi) is 17.5. The number of hydrogen-bond donors (Lipinski definition) is 8. The molecule has 0 radical (unpaired) electrons. The summed E-state index contributed by atoms with van der Waals surface area (Å²) in [6, 6.07) is 8.85. The number of hydrogen-bond acceptors (Lipinski definition) is 9. The van der Waals surface area contributed by atoms with Gasteiger partial charge in [-0.2, -0.15) is 0 Å². The van der Waals surface area contributed by atoms with E-state index in [4.69, 9.17) is 5.73 Å². The van der Waals surface area contributed by atoms with Crippen LogP contribution in [0.3, 0.4) is 0 Å². The largest absolute Gasteiger partial charge is 0.508 e. The Morgan fingerprint density at radius 2 is 1.32 bits per heavy atom. The normalized spacial score (nSPS) is 17.1. The fourth-order valence-electron chi connectivity index (χ4n) is 6.53. The highest BCUT2D eigenvalue weighted by Crippen LogP contribution is 2.19. The first kappa shape index (κ1) is 45.9. The molecule has 0 aliphatic carbocycles. The smallest absolute Gasteiger partial charge is 0.326 e. The number of phenols is 1. The number of phenolic OH excluding ortho intramolecular Hbond substituents is 1. The molecule has 7 unspecified atom stereocenters. The third-order valence-corrected chi connectivity index (χ3v) is 10.2. The van der Waals surface area contributed by atoms with Crippen molar-refractivity contribution < 1.29 is 43.8 Å². The summed E-state index contributed by atoms with van der Waals surface area (Å²) in [5, 5.41) is 32.7. The summed E-state index contributed by atoms with van der Waals surface area (Å²) in [6.45, 7) is 10.1.